The minimum absolute atomic E-state index is 0.0701. The standard InChI is InChI=1S/C13H18N2O3S2/c1-20(17,18)12-6-9(5-10(14)7-12)13(16)15-11-3-2-4-19-8-11/h5-7,11H,2-4,8,14H2,1H3,(H,15,16). The second-order valence-electron chi connectivity index (χ2n) is 4.95. The van der Waals surface area contributed by atoms with E-state index in [1.807, 2.05) is 11.8 Å². The van der Waals surface area contributed by atoms with E-state index in [2.05, 4.69) is 5.32 Å². The number of hydrogen-bond donors (Lipinski definition) is 2. The molecular weight excluding hydrogens is 296 g/mol. The van der Waals surface area contributed by atoms with E-state index in [1.54, 1.807) is 0 Å². The number of carbonyl (C=O) groups is 1. The molecule has 1 aromatic rings. The number of sulfone groups is 1. The second-order valence-corrected chi connectivity index (χ2v) is 8.12. The van der Waals surface area contributed by atoms with E-state index in [-0.39, 0.29) is 22.5 Å². The molecule has 0 saturated carbocycles. The van der Waals surface area contributed by atoms with E-state index < -0.39 is 9.84 Å². The molecule has 110 valence electrons. The van der Waals surface area contributed by atoms with Gasteiger partial charge in [0, 0.05) is 29.3 Å². The molecule has 5 nitrogen and oxygen atoms in total. The van der Waals surface area contributed by atoms with Gasteiger partial charge in [-0.1, -0.05) is 0 Å². The van der Waals surface area contributed by atoms with Crippen molar-refractivity contribution in [1.82, 2.24) is 5.32 Å². The van der Waals surface area contributed by atoms with Crippen LogP contribution < -0.4 is 11.1 Å². The lowest BCUT2D eigenvalue weighted by molar-refractivity contribution is 0.0938. The number of nitrogens with two attached hydrogens (primary N) is 1. The first kappa shape index (κ1) is 15.2. The maximum absolute atomic E-state index is 12.2. The highest BCUT2D eigenvalue weighted by atomic mass is 32.2. The van der Waals surface area contributed by atoms with Crippen LogP contribution in [0.2, 0.25) is 0 Å². The Bertz CT molecular complexity index is 608. The van der Waals surface area contributed by atoms with Gasteiger partial charge in [-0.3, -0.25) is 4.79 Å². The zero-order valence-corrected chi connectivity index (χ0v) is 12.9. The maximum atomic E-state index is 12.2. The number of benzene rings is 1. The monoisotopic (exact) mass is 314 g/mol. The molecule has 1 unspecified atom stereocenters. The third-order valence-electron chi connectivity index (χ3n) is 3.11. The first-order valence-electron chi connectivity index (χ1n) is 6.35. The molecule has 1 aromatic carbocycles. The van der Waals surface area contributed by atoms with Crippen molar-refractivity contribution in [3.05, 3.63) is 23.8 Å². The Hall–Kier alpha value is -1.21. The fraction of sp³-hybridized carbons (Fsp3) is 0.462. The molecule has 0 radical (unpaired) electrons. The summed E-state index contributed by atoms with van der Waals surface area (Å²) >= 11 is 1.82. The number of anilines is 1. The summed E-state index contributed by atoms with van der Waals surface area (Å²) in [4.78, 5) is 12.2. The molecule has 2 rings (SSSR count). The summed E-state index contributed by atoms with van der Waals surface area (Å²) in [5.41, 5.74) is 6.25. The van der Waals surface area contributed by atoms with Crippen LogP contribution in [0.4, 0.5) is 5.69 Å². The lowest BCUT2D eigenvalue weighted by atomic mass is 10.1. The molecule has 1 saturated heterocycles. The number of thioether (sulfide) groups is 1. The minimum Gasteiger partial charge on any atom is -0.399 e. The minimum atomic E-state index is -3.38. The quantitative estimate of drug-likeness (QED) is 0.821. The Morgan fingerprint density at radius 3 is 2.75 bits per heavy atom. The topological polar surface area (TPSA) is 89.3 Å². The Morgan fingerprint density at radius 2 is 2.15 bits per heavy atom. The van der Waals surface area contributed by atoms with Crippen molar-refractivity contribution in [3.63, 3.8) is 0 Å². The van der Waals surface area contributed by atoms with E-state index in [1.165, 1.54) is 18.2 Å². The van der Waals surface area contributed by atoms with E-state index in [4.69, 9.17) is 5.73 Å². The third-order valence-corrected chi connectivity index (χ3v) is 5.42. The van der Waals surface area contributed by atoms with Gasteiger partial charge in [-0.2, -0.15) is 11.8 Å². The number of hydrogen-bond acceptors (Lipinski definition) is 5. The van der Waals surface area contributed by atoms with Crippen LogP contribution in [0.5, 0.6) is 0 Å². The summed E-state index contributed by atoms with van der Waals surface area (Å²) in [6, 6.07) is 4.38. The lowest BCUT2D eigenvalue weighted by Crippen LogP contribution is -2.38. The summed E-state index contributed by atoms with van der Waals surface area (Å²) in [5, 5.41) is 2.93. The summed E-state index contributed by atoms with van der Waals surface area (Å²) in [6.07, 6.45) is 3.14. The third kappa shape index (κ3) is 3.89. The Labute approximate surface area is 123 Å². The Kier molecular flexibility index (Phi) is 4.59. The average Bonchev–Trinajstić information content (AvgIpc) is 2.38. The normalized spacial score (nSPS) is 19.6. The number of nitrogens with one attached hydrogen (secondary N) is 1. The Balaban J connectivity index is 2.19. The summed E-state index contributed by atoms with van der Waals surface area (Å²) in [7, 11) is -3.38. The first-order chi connectivity index (χ1) is 9.36. The molecule has 0 aliphatic carbocycles. The van der Waals surface area contributed by atoms with E-state index in [0.29, 0.717) is 5.56 Å². The van der Waals surface area contributed by atoms with E-state index >= 15 is 0 Å². The molecule has 1 heterocycles. The van der Waals surface area contributed by atoms with Gasteiger partial charge in [0.05, 0.1) is 4.90 Å². The highest BCUT2D eigenvalue weighted by molar-refractivity contribution is 7.99. The van der Waals surface area contributed by atoms with Gasteiger partial charge < -0.3 is 11.1 Å². The predicted octanol–water partition coefficient (Wildman–Crippen LogP) is 1.30. The van der Waals surface area contributed by atoms with E-state index in [0.717, 1.165) is 30.6 Å². The van der Waals surface area contributed by atoms with Crippen molar-refractivity contribution in [2.75, 3.05) is 23.5 Å². The number of amides is 1. The molecule has 20 heavy (non-hydrogen) atoms. The van der Waals surface area contributed by atoms with Crippen LogP contribution in [-0.2, 0) is 9.84 Å². The largest absolute Gasteiger partial charge is 0.399 e. The number of nitrogen functional groups attached to an aromatic ring is 1. The molecule has 3 N–H and O–H groups in total. The Morgan fingerprint density at radius 1 is 1.40 bits per heavy atom. The van der Waals surface area contributed by atoms with Crippen LogP contribution >= 0.6 is 11.8 Å². The van der Waals surface area contributed by atoms with Crippen LogP contribution in [0.1, 0.15) is 23.2 Å². The van der Waals surface area contributed by atoms with Gasteiger partial charge in [0.15, 0.2) is 9.84 Å². The SMILES string of the molecule is CS(=O)(=O)c1cc(N)cc(C(=O)NC2CCCSC2)c1. The van der Waals surface area contributed by atoms with Crippen LogP contribution in [0.15, 0.2) is 23.1 Å². The highest BCUT2D eigenvalue weighted by Gasteiger charge is 2.18. The van der Waals surface area contributed by atoms with Gasteiger partial charge in [0.1, 0.15) is 0 Å². The number of rotatable bonds is 3. The highest BCUT2D eigenvalue weighted by Crippen LogP contribution is 2.19. The van der Waals surface area contributed by atoms with Crippen molar-refractivity contribution >= 4 is 33.2 Å². The van der Waals surface area contributed by atoms with Crippen LogP contribution in [-0.4, -0.2) is 38.1 Å². The molecule has 1 amide bonds. The molecule has 1 aliphatic rings. The summed E-state index contributed by atoms with van der Waals surface area (Å²) in [6.45, 7) is 0. The maximum Gasteiger partial charge on any atom is 0.251 e. The van der Waals surface area contributed by atoms with E-state index in [9.17, 15) is 13.2 Å². The van der Waals surface area contributed by atoms with Gasteiger partial charge in [-0.05, 0) is 36.8 Å². The zero-order chi connectivity index (χ0) is 14.8. The van der Waals surface area contributed by atoms with Gasteiger partial charge >= 0.3 is 0 Å². The van der Waals surface area contributed by atoms with Gasteiger partial charge in [0.25, 0.3) is 5.91 Å². The average molecular weight is 314 g/mol. The van der Waals surface area contributed by atoms with Gasteiger partial charge in [-0.15, -0.1) is 0 Å². The molecule has 1 atom stereocenters. The molecule has 0 bridgehead atoms. The van der Waals surface area contributed by atoms with Crippen LogP contribution in [0.25, 0.3) is 0 Å². The molecule has 0 aromatic heterocycles. The lowest BCUT2D eigenvalue weighted by Gasteiger charge is -2.22. The molecular formula is C13H18N2O3S2. The van der Waals surface area contributed by atoms with Crippen molar-refractivity contribution in [3.8, 4) is 0 Å². The molecule has 1 fully saturated rings. The smallest absolute Gasteiger partial charge is 0.251 e. The fourth-order valence-corrected chi connectivity index (χ4v) is 3.85. The zero-order valence-electron chi connectivity index (χ0n) is 11.3. The first-order valence-corrected chi connectivity index (χ1v) is 9.40. The van der Waals surface area contributed by atoms with Crippen molar-refractivity contribution in [1.29, 1.82) is 0 Å². The predicted molar refractivity (Wildman–Crippen MR) is 81.8 cm³/mol. The van der Waals surface area contributed by atoms with Crippen molar-refractivity contribution in [2.24, 2.45) is 0 Å². The number of carbonyl (C=O) groups excluding carboxylic acids is 1. The van der Waals surface area contributed by atoms with Crippen molar-refractivity contribution < 1.29 is 13.2 Å². The molecule has 1 aliphatic heterocycles. The van der Waals surface area contributed by atoms with Crippen molar-refractivity contribution in [2.45, 2.75) is 23.8 Å². The van der Waals surface area contributed by atoms with Crippen LogP contribution in [0, 0.1) is 0 Å². The molecule has 0 spiro atoms. The van der Waals surface area contributed by atoms with Gasteiger partial charge in [-0.25, -0.2) is 8.42 Å². The van der Waals surface area contributed by atoms with Crippen LogP contribution in [0.3, 0.4) is 0 Å². The second kappa shape index (κ2) is 6.05. The summed E-state index contributed by atoms with van der Waals surface area (Å²) in [5.74, 6) is 1.75. The van der Waals surface area contributed by atoms with Gasteiger partial charge in [0.2, 0.25) is 0 Å². The molecule has 7 heteroatoms. The fourth-order valence-electron chi connectivity index (χ4n) is 2.09. The summed E-state index contributed by atoms with van der Waals surface area (Å²) < 4.78 is 23.1.